The fourth-order valence-corrected chi connectivity index (χ4v) is 2.07. The first-order valence-corrected chi connectivity index (χ1v) is 4.77. The minimum Gasteiger partial charge on any atom is -0.382 e. The van der Waals surface area contributed by atoms with Crippen LogP contribution < -0.4 is 5.32 Å². The number of hydrogen-bond acceptors (Lipinski definition) is 1. The van der Waals surface area contributed by atoms with Crippen molar-refractivity contribution in [3.63, 3.8) is 0 Å². The standard InChI is InChI=1S/C8H6BrClFN/c9-5-3-6(11)8-4(7(5)10)1-2-12-8/h3,12H,1-2H2. The molecule has 12 heavy (non-hydrogen) atoms. The van der Waals surface area contributed by atoms with Gasteiger partial charge in [-0.05, 0) is 34.0 Å². The maximum Gasteiger partial charge on any atom is 0.147 e. The fourth-order valence-electron chi connectivity index (χ4n) is 1.38. The SMILES string of the molecule is Fc1cc(Br)c(Cl)c2c1NCC2. The predicted molar refractivity (Wildman–Crippen MR) is 51.3 cm³/mol. The van der Waals surface area contributed by atoms with Crippen molar-refractivity contribution in [1.82, 2.24) is 0 Å². The van der Waals surface area contributed by atoms with Crippen LogP contribution in [0.4, 0.5) is 10.1 Å². The van der Waals surface area contributed by atoms with Crippen LogP contribution in [-0.4, -0.2) is 6.54 Å². The van der Waals surface area contributed by atoms with Crippen LogP contribution in [0.25, 0.3) is 0 Å². The molecule has 1 aliphatic rings. The van der Waals surface area contributed by atoms with Crippen LogP contribution in [0.2, 0.25) is 5.02 Å². The molecule has 0 fully saturated rings. The van der Waals surface area contributed by atoms with E-state index >= 15 is 0 Å². The van der Waals surface area contributed by atoms with Gasteiger partial charge in [0.15, 0.2) is 0 Å². The minimum absolute atomic E-state index is 0.237. The van der Waals surface area contributed by atoms with Crippen molar-refractivity contribution >= 4 is 33.2 Å². The van der Waals surface area contributed by atoms with Crippen LogP contribution in [0, 0.1) is 5.82 Å². The van der Waals surface area contributed by atoms with Crippen LogP contribution in [0.15, 0.2) is 10.5 Å². The monoisotopic (exact) mass is 249 g/mol. The molecule has 0 bridgehead atoms. The summed E-state index contributed by atoms with van der Waals surface area (Å²) in [7, 11) is 0. The van der Waals surface area contributed by atoms with Crippen molar-refractivity contribution in [1.29, 1.82) is 0 Å². The van der Waals surface area contributed by atoms with E-state index in [-0.39, 0.29) is 5.82 Å². The first-order chi connectivity index (χ1) is 5.70. The Morgan fingerprint density at radius 1 is 1.58 bits per heavy atom. The highest BCUT2D eigenvalue weighted by Gasteiger charge is 2.19. The zero-order valence-electron chi connectivity index (χ0n) is 6.13. The highest BCUT2D eigenvalue weighted by atomic mass is 79.9. The molecular weight excluding hydrogens is 244 g/mol. The van der Waals surface area contributed by atoms with Crippen molar-refractivity contribution in [3.8, 4) is 0 Å². The largest absolute Gasteiger partial charge is 0.382 e. The summed E-state index contributed by atoms with van der Waals surface area (Å²) in [4.78, 5) is 0. The van der Waals surface area contributed by atoms with Gasteiger partial charge in [0.2, 0.25) is 0 Å². The lowest BCUT2D eigenvalue weighted by molar-refractivity contribution is 0.630. The van der Waals surface area contributed by atoms with Crippen molar-refractivity contribution in [3.05, 3.63) is 26.9 Å². The summed E-state index contributed by atoms with van der Waals surface area (Å²) in [6.45, 7) is 0.766. The highest BCUT2D eigenvalue weighted by molar-refractivity contribution is 9.10. The lowest BCUT2D eigenvalue weighted by atomic mass is 10.1. The summed E-state index contributed by atoms with van der Waals surface area (Å²) in [6, 6.07) is 1.39. The van der Waals surface area contributed by atoms with Gasteiger partial charge >= 0.3 is 0 Å². The number of anilines is 1. The van der Waals surface area contributed by atoms with Crippen LogP contribution >= 0.6 is 27.5 Å². The lowest BCUT2D eigenvalue weighted by Gasteiger charge is -2.04. The van der Waals surface area contributed by atoms with Gasteiger partial charge in [-0.2, -0.15) is 0 Å². The maximum atomic E-state index is 13.2. The van der Waals surface area contributed by atoms with Gasteiger partial charge in [-0.3, -0.25) is 0 Å². The first kappa shape index (κ1) is 8.32. The first-order valence-electron chi connectivity index (χ1n) is 3.60. The van der Waals surface area contributed by atoms with E-state index in [0.29, 0.717) is 15.2 Å². The third kappa shape index (κ3) is 1.12. The number of nitrogens with one attached hydrogen (secondary N) is 1. The summed E-state index contributed by atoms with van der Waals surface area (Å²) in [5, 5.41) is 3.58. The molecule has 0 aliphatic carbocycles. The summed E-state index contributed by atoms with van der Waals surface area (Å²) >= 11 is 9.16. The molecule has 1 heterocycles. The maximum absolute atomic E-state index is 13.2. The number of hydrogen-bond donors (Lipinski definition) is 1. The molecule has 0 radical (unpaired) electrons. The molecule has 0 saturated heterocycles. The molecule has 1 aliphatic heterocycles. The predicted octanol–water partition coefficient (Wildman–Crippen LogP) is 3.21. The van der Waals surface area contributed by atoms with E-state index in [0.717, 1.165) is 18.5 Å². The smallest absolute Gasteiger partial charge is 0.147 e. The topological polar surface area (TPSA) is 12.0 Å². The Morgan fingerprint density at radius 2 is 2.33 bits per heavy atom. The van der Waals surface area contributed by atoms with E-state index in [1.54, 1.807) is 0 Å². The third-order valence-corrected chi connectivity index (χ3v) is 3.23. The second-order valence-corrected chi connectivity index (χ2v) is 3.92. The summed E-state index contributed by atoms with van der Waals surface area (Å²) in [5.41, 5.74) is 1.44. The molecule has 0 saturated carbocycles. The summed E-state index contributed by atoms with van der Waals surface area (Å²) in [5.74, 6) is -0.237. The zero-order chi connectivity index (χ0) is 8.72. The van der Waals surface area contributed by atoms with Crippen molar-refractivity contribution in [2.75, 3.05) is 11.9 Å². The Hall–Kier alpha value is -0.280. The second-order valence-electron chi connectivity index (χ2n) is 2.68. The number of rotatable bonds is 0. The Bertz CT molecular complexity index is 340. The van der Waals surface area contributed by atoms with Crippen molar-refractivity contribution in [2.45, 2.75) is 6.42 Å². The zero-order valence-corrected chi connectivity index (χ0v) is 8.47. The summed E-state index contributed by atoms with van der Waals surface area (Å²) in [6.07, 6.45) is 0.796. The quantitative estimate of drug-likeness (QED) is 0.697. The van der Waals surface area contributed by atoms with Gasteiger partial charge in [-0.25, -0.2) is 4.39 Å². The molecule has 2 rings (SSSR count). The molecule has 1 aromatic rings. The molecular formula is C8H6BrClFN. The highest BCUT2D eigenvalue weighted by Crippen LogP contribution is 2.36. The molecule has 0 unspecified atom stereocenters. The van der Waals surface area contributed by atoms with Gasteiger partial charge < -0.3 is 5.32 Å². The van der Waals surface area contributed by atoms with Gasteiger partial charge in [-0.1, -0.05) is 11.6 Å². The molecule has 1 nitrogen and oxygen atoms in total. The Labute approximate surface area is 83.0 Å². The second kappa shape index (κ2) is 2.89. The lowest BCUT2D eigenvalue weighted by Crippen LogP contribution is -1.93. The number of fused-ring (bicyclic) bond motifs is 1. The molecule has 1 N–H and O–H groups in total. The van der Waals surface area contributed by atoms with Crippen LogP contribution in [-0.2, 0) is 6.42 Å². The fraction of sp³-hybridized carbons (Fsp3) is 0.250. The summed E-state index contributed by atoms with van der Waals surface area (Å²) < 4.78 is 13.8. The van der Waals surface area contributed by atoms with Gasteiger partial charge in [0, 0.05) is 11.0 Å². The van der Waals surface area contributed by atoms with Gasteiger partial charge in [0.05, 0.1) is 10.7 Å². The van der Waals surface area contributed by atoms with E-state index in [1.165, 1.54) is 6.07 Å². The van der Waals surface area contributed by atoms with Crippen molar-refractivity contribution in [2.24, 2.45) is 0 Å². The average Bonchev–Trinajstić information content (AvgIpc) is 2.48. The third-order valence-electron chi connectivity index (χ3n) is 1.95. The van der Waals surface area contributed by atoms with Crippen LogP contribution in [0.5, 0.6) is 0 Å². The molecule has 0 atom stereocenters. The van der Waals surface area contributed by atoms with E-state index < -0.39 is 0 Å². The van der Waals surface area contributed by atoms with E-state index in [4.69, 9.17) is 11.6 Å². The van der Waals surface area contributed by atoms with Crippen LogP contribution in [0.1, 0.15) is 5.56 Å². The Kier molecular flexibility index (Phi) is 2.00. The minimum atomic E-state index is -0.237. The molecule has 4 heteroatoms. The Balaban J connectivity index is 2.69. The van der Waals surface area contributed by atoms with Gasteiger partial charge in [0.25, 0.3) is 0 Å². The Morgan fingerprint density at radius 3 is 3.08 bits per heavy atom. The normalized spacial score (nSPS) is 14.2. The number of halogens is 3. The number of benzene rings is 1. The van der Waals surface area contributed by atoms with E-state index in [1.807, 2.05) is 0 Å². The van der Waals surface area contributed by atoms with Crippen LogP contribution in [0.3, 0.4) is 0 Å². The molecule has 0 aromatic heterocycles. The molecule has 1 aromatic carbocycles. The van der Waals surface area contributed by atoms with Crippen molar-refractivity contribution < 1.29 is 4.39 Å². The average molecular weight is 250 g/mol. The molecule has 0 amide bonds. The van der Waals surface area contributed by atoms with E-state index in [2.05, 4.69) is 21.2 Å². The van der Waals surface area contributed by atoms with Gasteiger partial charge in [-0.15, -0.1) is 0 Å². The van der Waals surface area contributed by atoms with Gasteiger partial charge in [0.1, 0.15) is 5.82 Å². The van der Waals surface area contributed by atoms with E-state index in [9.17, 15) is 4.39 Å². The molecule has 64 valence electrons. The molecule has 0 spiro atoms.